The molecule has 0 radical (unpaired) electrons. The minimum atomic E-state index is 0.604. The van der Waals surface area contributed by atoms with Gasteiger partial charge in [-0.05, 0) is 30.2 Å². The van der Waals surface area contributed by atoms with Gasteiger partial charge in [0.05, 0.1) is 0 Å². The number of allylic oxidation sites excluding steroid dienone is 2. The third kappa shape index (κ3) is 2.07. The molecule has 0 fully saturated rings. The number of benzene rings is 1. The monoisotopic (exact) mass is 214 g/mol. The van der Waals surface area contributed by atoms with Gasteiger partial charge < -0.3 is 0 Å². The fourth-order valence-corrected chi connectivity index (χ4v) is 2.65. The van der Waals surface area contributed by atoms with Crippen LogP contribution in [0.1, 0.15) is 37.8 Å². The SMILES string of the molecule is Cc1ccc(C2C=CC(C)C(C)C2C)cc1. The van der Waals surface area contributed by atoms with Gasteiger partial charge in [-0.2, -0.15) is 0 Å². The molecule has 1 aromatic carbocycles. The molecule has 0 N–H and O–H groups in total. The summed E-state index contributed by atoms with van der Waals surface area (Å²) in [5.74, 6) is 2.84. The summed E-state index contributed by atoms with van der Waals surface area (Å²) in [5, 5.41) is 0. The van der Waals surface area contributed by atoms with Crippen LogP contribution >= 0.6 is 0 Å². The Balaban J connectivity index is 2.28. The summed E-state index contributed by atoms with van der Waals surface area (Å²) in [6.07, 6.45) is 4.79. The summed E-state index contributed by atoms with van der Waals surface area (Å²) in [7, 11) is 0. The smallest absolute Gasteiger partial charge is 0.00464 e. The van der Waals surface area contributed by atoms with E-state index in [2.05, 4.69) is 64.1 Å². The first-order valence-corrected chi connectivity index (χ1v) is 6.34. The van der Waals surface area contributed by atoms with Crippen LogP contribution in [0.4, 0.5) is 0 Å². The maximum absolute atomic E-state index is 2.40. The average Bonchev–Trinajstić information content (AvgIpc) is 2.28. The van der Waals surface area contributed by atoms with E-state index in [1.54, 1.807) is 0 Å². The van der Waals surface area contributed by atoms with Gasteiger partial charge in [-0.1, -0.05) is 62.8 Å². The van der Waals surface area contributed by atoms with E-state index in [1.807, 2.05) is 0 Å². The van der Waals surface area contributed by atoms with Crippen LogP contribution in [0.15, 0.2) is 36.4 Å². The maximum atomic E-state index is 2.40. The summed E-state index contributed by atoms with van der Waals surface area (Å²) in [6, 6.07) is 9.00. The third-order valence-corrected chi connectivity index (χ3v) is 4.31. The molecule has 0 aliphatic heterocycles. The van der Waals surface area contributed by atoms with Crippen LogP contribution in [0.25, 0.3) is 0 Å². The summed E-state index contributed by atoms with van der Waals surface area (Å²) in [4.78, 5) is 0. The van der Waals surface area contributed by atoms with Gasteiger partial charge in [-0.3, -0.25) is 0 Å². The lowest BCUT2D eigenvalue weighted by molar-refractivity contribution is 0.279. The lowest BCUT2D eigenvalue weighted by Crippen LogP contribution is -2.24. The Kier molecular flexibility index (Phi) is 3.18. The van der Waals surface area contributed by atoms with E-state index >= 15 is 0 Å². The van der Waals surface area contributed by atoms with Crippen LogP contribution in [-0.4, -0.2) is 0 Å². The lowest BCUT2D eigenvalue weighted by atomic mass is 9.71. The van der Waals surface area contributed by atoms with Crippen molar-refractivity contribution in [3.8, 4) is 0 Å². The second kappa shape index (κ2) is 4.45. The molecule has 1 aliphatic carbocycles. The van der Waals surface area contributed by atoms with E-state index in [-0.39, 0.29) is 0 Å². The van der Waals surface area contributed by atoms with Gasteiger partial charge >= 0.3 is 0 Å². The Morgan fingerprint density at radius 1 is 0.812 bits per heavy atom. The molecule has 16 heavy (non-hydrogen) atoms. The molecular formula is C16H22. The molecule has 1 aliphatic rings. The average molecular weight is 214 g/mol. The largest absolute Gasteiger partial charge is 0.0848 e. The van der Waals surface area contributed by atoms with Crippen molar-refractivity contribution in [2.45, 2.75) is 33.6 Å². The molecule has 4 unspecified atom stereocenters. The van der Waals surface area contributed by atoms with Crippen molar-refractivity contribution in [2.75, 3.05) is 0 Å². The first-order valence-electron chi connectivity index (χ1n) is 6.34. The van der Waals surface area contributed by atoms with Crippen LogP contribution in [0.3, 0.4) is 0 Å². The molecule has 0 saturated carbocycles. The molecular weight excluding hydrogens is 192 g/mol. The van der Waals surface area contributed by atoms with Crippen molar-refractivity contribution in [3.63, 3.8) is 0 Å². The summed E-state index contributed by atoms with van der Waals surface area (Å²) in [6.45, 7) is 9.23. The minimum Gasteiger partial charge on any atom is -0.0848 e. The van der Waals surface area contributed by atoms with Gasteiger partial charge in [-0.15, -0.1) is 0 Å². The number of aryl methyl sites for hydroxylation is 1. The highest BCUT2D eigenvalue weighted by Gasteiger charge is 2.28. The second-order valence-electron chi connectivity index (χ2n) is 5.40. The summed E-state index contributed by atoms with van der Waals surface area (Å²) < 4.78 is 0. The molecule has 0 heteroatoms. The van der Waals surface area contributed by atoms with E-state index in [0.717, 1.165) is 17.8 Å². The molecule has 2 rings (SSSR count). The van der Waals surface area contributed by atoms with E-state index in [0.29, 0.717) is 5.92 Å². The van der Waals surface area contributed by atoms with E-state index in [1.165, 1.54) is 11.1 Å². The number of hydrogen-bond acceptors (Lipinski definition) is 0. The second-order valence-corrected chi connectivity index (χ2v) is 5.40. The molecule has 86 valence electrons. The Bertz CT molecular complexity index is 372. The van der Waals surface area contributed by atoms with Gasteiger partial charge in [0.25, 0.3) is 0 Å². The van der Waals surface area contributed by atoms with Gasteiger partial charge in [0.1, 0.15) is 0 Å². The normalized spacial score (nSPS) is 34.0. The predicted octanol–water partition coefficient (Wildman–Crippen LogP) is 4.56. The van der Waals surface area contributed by atoms with Crippen molar-refractivity contribution in [3.05, 3.63) is 47.5 Å². The van der Waals surface area contributed by atoms with Crippen molar-refractivity contribution in [1.29, 1.82) is 0 Å². The van der Waals surface area contributed by atoms with Crippen molar-refractivity contribution < 1.29 is 0 Å². The molecule has 0 heterocycles. The molecule has 0 nitrogen and oxygen atoms in total. The summed E-state index contributed by atoms with van der Waals surface area (Å²) >= 11 is 0. The van der Waals surface area contributed by atoms with Crippen LogP contribution in [-0.2, 0) is 0 Å². The van der Waals surface area contributed by atoms with Crippen molar-refractivity contribution in [1.82, 2.24) is 0 Å². The van der Waals surface area contributed by atoms with Gasteiger partial charge in [0, 0.05) is 5.92 Å². The standard InChI is InChI=1S/C16H22/c1-11-5-8-15(9-6-11)16-10-7-12(2)13(3)14(16)4/h5-10,12-14,16H,1-4H3. The van der Waals surface area contributed by atoms with Gasteiger partial charge in [-0.25, -0.2) is 0 Å². The molecule has 0 spiro atoms. The lowest BCUT2D eigenvalue weighted by Gasteiger charge is -2.34. The van der Waals surface area contributed by atoms with E-state index in [4.69, 9.17) is 0 Å². The molecule has 1 aromatic rings. The number of hydrogen-bond donors (Lipinski definition) is 0. The predicted molar refractivity (Wildman–Crippen MR) is 70.6 cm³/mol. The fraction of sp³-hybridized carbons (Fsp3) is 0.500. The molecule has 0 bridgehead atoms. The highest BCUT2D eigenvalue weighted by Crippen LogP contribution is 2.39. The number of rotatable bonds is 1. The Morgan fingerprint density at radius 3 is 2.06 bits per heavy atom. The Labute approximate surface area is 99.4 Å². The zero-order valence-electron chi connectivity index (χ0n) is 10.8. The molecule has 0 saturated heterocycles. The fourth-order valence-electron chi connectivity index (χ4n) is 2.65. The first kappa shape index (κ1) is 11.4. The minimum absolute atomic E-state index is 0.604. The van der Waals surface area contributed by atoms with Gasteiger partial charge in [0.2, 0.25) is 0 Å². The Hall–Kier alpha value is -1.04. The van der Waals surface area contributed by atoms with E-state index in [9.17, 15) is 0 Å². The maximum Gasteiger partial charge on any atom is 0.00464 e. The van der Waals surface area contributed by atoms with E-state index < -0.39 is 0 Å². The van der Waals surface area contributed by atoms with Crippen LogP contribution in [0.5, 0.6) is 0 Å². The quantitative estimate of drug-likeness (QED) is 0.601. The molecule has 4 atom stereocenters. The van der Waals surface area contributed by atoms with Crippen molar-refractivity contribution in [2.24, 2.45) is 17.8 Å². The highest BCUT2D eigenvalue weighted by atomic mass is 14.3. The topological polar surface area (TPSA) is 0 Å². The van der Waals surface area contributed by atoms with Crippen LogP contribution in [0, 0.1) is 24.7 Å². The zero-order valence-corrected chi connectivity index (χ0v) is 10.8. The van der Waals surface area contributed by atoms with Crippen LogP contribution in [0.2, 0.25) is 0 Å². The first-order chi connectivity index (χ1) is 7.59. The zero-order chi connectivity index (χ0) is 11.7. The third-order valence-electron chi connectivity index (χ3n) is 4.31. The van der Waals surface area contributed by atoms with Crippen LogP contribution < -0.4 is 0 Å². The highest BCUT2D eigenvalue weighted by molar-refractivity contribution is 5.29. The summed E-state index contributed by atoms with van der Waals surface area (Å²) in [5.41, 5.74) is 2.81. The van der Waals surface area contributed by atoms with Gasteiger partial charge in [0.15, 0.2) is 0 Å². The van der Waals surface area contributed by atoms with Crippen molar-refractivity contribution >= 4 is 0 Å². The molecule has 0 amide bonds. The Morgan fingerprint density at radius 2 is 1.44 bits per heavy atom. The molecule has 0 aromatic heterocycles.